The van der Waals surface area contributed by atoms with Gasteiger partial charge in [0.15, 0.2) is 0 Å². The number of carboxylic acids is 1. The molecule has 4 saturated carbocycles. The quantitative estimate of drug-likeness (QED) is 0.488. The van der Waals surface area contributed by atoms with Crippen molar-refractivity contribution < 1.29 is 28.0 Å². The van der Waals surface area contributed by atoms with E-state index in [9.17, 15) is 22.9 Å². The van der Waals surface area contributed by atoms with E-state index in [1.165, 1.54) is 0 Å². The van der Waals surface area contributed by atoms with Gasteiger partial charge in [-0.25, -0.2) is 0 Å². The molecule has 0 saturated heterocycles. The van der Waals surface area contributed by atoms with E-state index in [1.54, 1.807) is 0 Å². The van der Waals surface area contributed by atoms with E-state index >= 15 is 0 Å². The van der Waals surface area contributed by atoms with Crippen LogP contribution in [0.15, 0.2) is 0 Å². The van der Waals surface area contributed by atoms with Gasteiger partial charge in [-0.1, -0.05) is 20.8 Å². The van der Waals surface area contributed by atoms with Crippen molar-refractivity contribution in [2.45, 2.75) is 91.1 Å². The van der Waals surface area contributed by atoms with Gasteiger partial charge < -0.3 is 10.2 Å². The summed E-state index contributed by atoms with van der Waals surface area (Å²) in [5.41, 5.74) is 0.238. The molecular weight excluding hydrogens is 428 g/mol. The Morgan fingerprint density at radius 2 is 1.69 bits per heavy atom. The summed E-state index contributed by atoms with van der Waals surface area (Å²) in [6.07, 6.45) is 8.31. The molecule has 10 atom stereocenters. The topological polar surface area (TPSA) is 112 Å². The molecule has 0 bridgehead atoms. The molecule has 4 aliphatic rings. The number of carbonyl (C=O) groups is 1. The summed E-state index contributed by atoms with van der Waals surface area (Å²) in [6.45, 7) is 6.96. The zero-order chi connectivity index (χ0) is 23.5. The van der Waals surface area contributed by atoms with Gasteiger partial charge in [0, 0.05) is 6.42 Å². The van der Waals surface area contributed by atoms with Gasteiger partial charge in [-0.05, 0) is 110 Å². The Labute approximate surface area is 193 Å². The zero-order valence-corrected chi connectivity index (χ0v) is 20.7. The molecule has 0 radical (unpaired) electrons. The number of aliphatic carboxylic acids is 1. The van der Waals surface area contributed by atoms with Crippen LogP contribution < -0.4 is 0 Å². The van der Waals surface area contributed by atoms with Crippen molar-refractivity contribution >= 4 is 16.1 Å². The third kappa shape index (κ3) is 4.26. The van der Waals surface area contributed by atoms with Crippen molar-refractivity contribution in [2.24, 2.45) is 52.3 Å². The second-order valence-corrected chi connectivity index (χ2v) is 13.8. The van der Waals surface area contributed by atoms with Crippen LogP contribution in [0.25, 0.3) is 0 Å². The molecule has 0 aromatic carbocycles. The van der Waals surface area contributed by atoms with E-state index in [1.807, 2.05) is 0 Å². The van der Waals surface area contributed by atoms with Crippen LogP contribution in [0.3, 0.4) is 0 Å². The first-order valence-electron chi connectivity index (χ1n) is 12.7. The summed E-state index contributed by atoms with van der Waals surface area (Å²) in [4.78, 5) is 11.1. The fraction of sp³-hybridized carbons (Fsp3) is 0.960. The number of hydrogen-bond acceptors (Lipinski definition) is 4. The van der Waals surface area contributed by atoms with Crippen LogP contribution in [0.2, 0.25) is 0 Å². The Balaban J connectivity index is 1.64. The number of hydrogen-bond donors (Lipinski definition) is 3. The van der Waals surface area contributed by atoms with Gasteiger partial charge >= 0.3 is 5.97 Å². The first-order chi connectivity index (χ1) is 14.8. The van der Waals surface area contributed by atoms with Crippen molar-refractivity contribution in [3.05, 3.63) is 0 Å². The van der Waals surface area contributed by atoms with Crippen LogP contribution in [0.4, 0.5) is 0 Å². The van der Waals surface area contributed by atoms with Gasteiger partial charge in [-0.2, -0.15) is 8.42 Å². The summed E-state index contributed by atoms with van der Waals surface area (Å²) in [5.74, 6) is 1.31. The molecule has 7 heteroatoms. The average molecular weight is 471 g/mol. The summed E-state index contributed by atoms with van der Waals surface area (Å²) in [7, 11) is -4.07. The highest BCUT2D eigenvalue weighted by atomic mass is 32.2. The van der Waals surface area contributed by atoms with Crippen LogP contribution in [-0.2, 0) is 14.9 Å². The lowest BCUT2D eigenvalue weighted by atomic mass is 9.42. The molecule has 1 unspecified atom stereocenters. The number of fused-ring (bicyclic) bond motifs is 5. The van der Waals surface area contributed by atoms with Gasteiger partial charge in [0.05, 0.1) is 11.9 Å². The third-order valence-electron chi connectivity index (χ3n) is 10.8. The highest BCUT2D eigenvalue weighted by Gasteiger charge is 2.63. The molecule has 4 aliphatic carbocycles. The number of aliphatic hydroxyl groups excluding tert-OH is 1. The Hall–Kier alpha value is -0.660. The standard InChI is InChI=1S/C25H42O6S/c1-15(4-7-22(27)28)19-5-6-20-23-16(14-32(29,30)31)12-17-13-18(26)8-10-24(17,2)21(23)9-11-25(19,20)3/h15-21,23,26H,4-14H2,1-3H3,(H,27,28)(H,29,30,31)/t15-,16?,17-,18-,19-,20+,21+,23+,24+,25-/m1/s1. The molecule has 4 fully saturated rings. The zero-order valence-electron chi connectivity index (χ0n) is 19.9. The monoisotopic (exact) mass is 470 g/mol. The molecule has 4 rings (SSSR count). The normalized spacial score (nSPS) is 47.2. The first kappa shape index (κ1) is 24.5. The van der Waals surface area contributed by atoms with Crippen LogP contribution in [-0.4, -0.2) is 41.0 Å². The molecule has 0 aromatic heterocycles. The molecule has 0 amide bonds. The van der Waals surface area contributed by atoms with Crippen molar-refractivity contribution in [1.29, 1.82) is 0 Å². The van der Waals surface area contributed by atoms with E-state index in [0.29, 0.717) is 36.0 Å². The summed E-state index contributed by atoms with van der Waals surface area (Å²) >= 11 is 0. The maximum atomic E-state index is 12.0. The fourth-order valence-corrected chi connectivity index (χ4v) is 10.3. The molecule has 32 heavy (non-hydrogen) atoms. The summed E-state index contributed by atoms with van der Waals surface area (Å²) in [5, 5.41) is 19.5. The van der Waals surface area contributed by atoms with Crippen molar-refractivity contribution in [3.63, 3.8) is 0 Å². The Bertz CT molecular complexity index is 826. The predicted octanol–water partition coefficient (Wildman–Crippen LogP) is 4.62. The minimum absolute atomic E-state index is 0.0592. The van der Waals surface area contributed by atoms with E-state index in [2.05, 4.69) is 20.8 Å². The first-order valence-corrected chi connectivity index (χ1v) is 14.3. The van der Waals surface area contributed by atoms with Crippen molar-refractivity contribution in [3.8, 4) is 0 Å². The number of rotatable bonds is 6. The molecule has 184 valence electrons. The molecule has 0 spiro atoms. The maximum Gasteiger partial charge on any atom is 0.303 e. The summed E-state index contributed by atoms with van der Waals surface area (Å²) in [6, 6.07) is 0. The highest BCUT2D eigenvalue weighted by molar-refractivity contribution is 7.85. The van der Waals surface area contributed by atoms with Gasteiger partial charge in [0.1, 0.15) is 0 Å². The highest BCUT2D eigenvalue weighted by Crippen LogP contribution is 2.69. The minimum atomic E-state index is -4.07. The molecule has 0 aliphatic heterocycles. The Morgan fingerprint density at radius 3 is 2.34 bits per heavy atom. The molecule has 0 aromatic rings. The van der Waals surface area contributed by atoms with Crippen molar-refractivity contribution in [2.75, 3.05) is 5.75 Å². The van der Waals surface area contributed by atoms with Crippen LogP contribution in [0, 0.1) is 52.3 Å². The second kappa shape index (κ2) is 8.53. The molecule has 0 heterocycles. The van der Waals surface area contributed by atoms with Gasteiger partial charge in [0.25, 0.3) is 10.1 Å². The van der Waals surface area contributed by atoms with Crippen LogP contribution >= 0.6 is 0 Å². The van der Waals surface area contributed by atoms with Gasteiger partial charge in [-0.3, -0.25) is 9.35 Å². The lowest BCUT2D eigenvalue weighted by Gasteiger charge is -2.63. The SMILES string of the molecule is C[C@H](CCC(=O)O)[C@H]1CC[C@H]2[C@@H]3C(CS(=O)(=O)O)C[C@@H]4C[C@H](O)CC[C@]4(C)[C@H]3CC[C@]12C. The van der Waals surface area contributed by atoms with E-state index in [-0.39, 0.29) is 40.9 Å². The fourth-order valence-electron chi connectivity index (χ4n) is 9.37. The maximum absolute atomic E-state index is 12.0. The number of aliphatic hydroxyl groups is 1. The number of carboxylic acid groups (broad SMARTS) is 1. The van der Waals surface area contributed by atoms with Gasteiger partial charge in [-0.15, -0.1) is 0 Å². The summed E-state index contributed by atoms with van der Waals surface area (Å²) < 4.78 is 33.9. The Kier molecular flexibility index (Phi) is 6.52. The van der Waals surface area contributed by atoms with E-state index in [4.69, 9.17) is 5.11 Å². The molecule has 6 nitrogen and oxygen atoms in total. The Morgan fingerprint density at radius 1 is 1.03 bits per heavy atom. The van der Waals surface area contributed by atoms with E-state index < -0.39 is 16.1 Å². The third-order valence-corrected chi connectivity index (χ3v) is 11.7. The lowest BCUT2D eigenvalue weighted by Crippen LogP contribution is -2.58. The predicted molar refractivity (Wildman–Crippen MR) is 123 cm³/mol. The van der Waals surface area contributed by atoms with Crippen LogP contribution in [0.5, 0.6) is 0 Å². The second-order valence-electron chi connectivity index (χ2n) is 12.3. The lowest BCUT2D eigenvalue weighted by molar-refractivity contribution is -0.150. The van der Waals surface area contributed by atoms with E-state index in [0.717, 1.165) is 51.4 Å². The smallest absolute Gasteiger partial charge is 0.303 e. The van der Waals surface area contributed by atoms with Gasteiger partial charge in [0.2, 0.25) is 0 Å². The largest absolute Gasteiger partial charge is 0.481 e. The molecular formula is C25H42O6S. The van der Waals surface area contributed by atoms with Crippen LogP contribution in [0.1, 0.15) is 85.0 Å². The minimum Gasteiger partial charge on any atom is -0.481 e. The van der Waals surface area contributed by atoms with Crippen molar-refractivity contribution in [1.82, 2.24) is 0 Å². The average Bonchev–Trinajstić information content (AvgIpc) is 3.03. The molecule has 3 N–H and O–H groups in total.